The fourth-order valence-corrected chi connectivity index (χ4v) is 8.91. The van der Waals surface area contributed by atoms with Crippen molar-refractivity contribution in [3.8, 4) is 0 Å². The van der Waals surface area contributed by atoms with Crippen molar-refractivity contribution < 1.29 is 33.9 Å². The number of rotatable bonds is 14. The van der Waals surface area contributed by atoms with Gasteiger partial charge in [-0.2, -0.15) is 0 Å². The van der Waals surface area contributed by atoms with Crippen molar-refractivity contribution in [2.75, 3.05) is 23.5 Å². The Kier molecular flexibility index (Phi) is 12.2. The zero-order valence-electron chi connectivity index (χ0n) is 32.1. The van der Waals surface area contributed by atoms with E-state index in [4.69, 9.17) is 26.2 Å². The minimum atomic E-state index is -1.61. The Bertz CT molecular complexity index is 2060. The number of alkyl halides is 1. The highest BCUT2D eigenvalue weighted by molar-refractivity contribution is 8.00. The summed E-state index contributed by atoms with van der Waals surface area (Å²) < 4.78 is 5.54. The number of fused-ring (bicyclic) bond motifs is 1. The minimum Gasteiger partial charge on any atom is -0.481 e. The van der Waals surface area contributed by atoms with Crippen LogP contribution in [0.3, 0.4) is 0 Å². The molecular formula is C42H44ClN5O7S2. The summed E-state index contributed by atoms with van der Waals surface area (Å²) in [4.78, 5) is 65.2. The first-order valence-electron chi connectivity index (χ1n) is 18.2. The number of hydrogen-bond donors (Lipinski definition) is 3. The molecule has 0 radical (unpaired) electrons. The fraction of sp³-hybridized carbons (Fsp3) is 0.333. The second kappa shape index (κ2) is 16.7. The molecule has 3 heterocycles. The molecule has 2 aliphatic heterocycles. The number of aliphatic carboxylic acids is 1. The molecule has 2 unspecified atom stereocenters. The number of carbonyl (C=O) groups excluding carboxylic acids is 3. The Labute approximate surface area is 344 Å². The largest absolute Gasteiger partial charge is 0.481 e. The highest BCUT2D eigenvalue weighted by Crippen LogP contribution is 2.44. The second-order valence-corrected chi connectivity index (χ2v) is 17.5. The van der Waals surface area contributed by atoms with Gasteiger partial charge >= 0.3 is 11.9 Å². The van der Waals surface area contributed by atoms with Crippen molar-refractivity contribution in [2.45, 2.75) is 62.8 Å². The van der Waals surface area contributed by atoms with Gasteiger partial charge in [-0.25, -0.2) is 9.78 Å². The van der Waals surface area contributed by atoms with Crippen molar-refractivity contribution in [3.05, 3.63) is 131 Å². The van der Waals surface area contributed by atoms with Crippen molar-refractivity contribution >= 4 is 69.3 Å². The predicted octanol–water partition coefficient (Wildman–Crippen LogP) is 6.65. The number of amides is 2. The number of benzene rings is 3. The molecule has 0 aliphatic carbocycles. The van der Waals surface area contributed by atoms with Crippen LogP contribution in [-0.4, -0.2) is 85.3 Å². The first-order chi connectivity index (χ1) is 27.1. The van der Waals surface area contributed by atoms with E-state index in [1.807, 2.05) is 91.0 Å². The van der Waals surface area contributed by atoms with E-state index in [2.05, 4.69) is 15.8 Å². The predicted molar refractivity (Wildman–Crippen MR) is 222 cm³/mol. The highest BCUT2D eigenvalue weighted by atomic mass is 35.5. The monoisotopic (exact) mass is 829 g/mol. The third-order valence-electron chi connectivity index (χ3n) is 9.48. The average molecular weight is 830 g/mol. The number of carboxylic acids is 1. The molecule has 2 fully saturated rings. The number of hydrogen-bond acceptors (Lipinski definition) is 11. The molecule has 0 spiro atoms. The molecule has 3 aromatic carbocycles. The van der Waals surface area contributed by atoms with E-state index in [-0.39, 0.29) is 29.6 Å². The fourth-order valence-electron chi connectivity index (χ4n) is 6.56. The molecule has 0 saturated carbocycles. The minimum absolute atomic E-state index is 0.0696. The van der Waals surface area contributed by atoms with Gasteiger partial charge in [0.05, 0.1) is 0 Å². The van der Waals surface area contributed by atoms with Gasteiger partial charge in [-0.05, 0) is 51.3 Å². The lowest BCUT2D eigenvalue weighted by molar-refractivity contribution is -0.179. The highest BCUT2D eigenvalue weighted by Gasteiger charge is 2.57. The number of thiazole rings is 1. The van der Waals surface area contributed by atoms with E-state index in [1.165, 1.54) is 47.9 Å². The Hall–Kier alpha value is -5.18. The van der Waals surface area contributed by atoms with Crippen LogP contribution in [0.2, 0.25) is 0 Å². The van der Waals surface area contributed by atoms with Crippen LogP contribution in [0.1, 0.15) is 57.0 Å². The molecule has 6 rings (SSSR count). The summed E-state index contributed by atoms with van der Waals surface area (Å²) in [6.07, 6.45) is 3.08. The first kappa shape index (κ1) is 41.5. The quantitative estimate of drug-likeness (QED) is 0.0239. The van der Waals surface area contributed by atoms with Crippen LogP contribution >= 0.6 is 34.7 Å². The number of carboxylic acid groups (broad SMARTS) is 1. The van der Waals surface area contributed by atoms with Crippen molar-refractivity contribution in [1.29, 1.82) is 0 Å². The Morgan fingerprint density at radius 2 is 1.53 bits per heavy atom. The Morgan fingerprint density at radius 3 is 2.04 bits per heavy atom. The summed E-state index contributed by atoms with van der Waals surface area (Å²) in [5.41, 5.74) is -1.99. The normalized spacial score (nSPS) is 20.0. The lowest BCUT2D eigenvalue weighted by Gasteiger charge is -2.53. The third-order valence-corrected chi connectivity index (χ3v) is 12.0. The van der Waals surface area contributed by atoms with Gasteiger partial charge in [-0.1, -0.05) is 108 Å². The molecule has 2 amide bonds. The number of allylic oxidation sites excluding steroid dienone is 1. The lowest BCUT2D eigenvalue weighted by atomic mass is 9.77. The third kappa shape index (κ3) is 8.73. The number of nitrogens with one attached hydrogen (secondary N) is 2. The van der Waals surface area contributed by atoms with E-state index < -0.39 is 57.3 Å². The number of esters is 1. The van der Waals surface area contributed by atoms with E-state index >= 15 is 0 Å². The zero-order chi connectivity index (χ0) is 41.0. The van der Waals surface area contributed by atoms with Gasteiger partial charge in [-0.3, -0.25) is 14.4 Å². The molecule has 3 N–H and O–H groups in total. The molecule has 57 heavy (non-hydrogen) atoms. The molecular weight excluding hydrogens is 786 g/mol. The maximum atomic E-state index is 14.2. The topological polar surface area (TPSA) is 160 Å². The van der Waals surface area contributed by atoms with Gasteiger partial charge < -0.3 is 30.2 Å². The smallest absolute Gasteiger partial charge is 0.353 e. The molecule has 298 valence electrons. The maximum absolute atomic E-state index is 14.2. The summed E-state index contributed by atoms with van der Waals surface area (Å²) in [7, 11) is 0. The van der Waals surface area contributed by atoms with Gasteiger partial charge in [0.25, 0.3) is 5.91 Å². The summed E-state index contributed by atoms with van der Waals surface area (Å²) in [6, 6.07) is 28.9. The van der Waals surface area contributed by atoms with Crippen LogP contribution in [0.4, 0.5) is 5.13 Å². The average Bonchev–Trinajstić information content (AvgIpc) is 3.66. The molecule has 2 aliphatic rings. The number of ether oxygens (including phenoxy) is 1. The summed E-state index contributed by atoms with van der Waals surface area (Å²) in [5.74, 6) is -2.70. The molecule has 3 atom stereocenters. The van der Waals surface area contributed by atoms with Crippen LogP contribution in [0.25, 0.3) is 0 Å². The van der Waals surface area contributed by atoms with Crippen LogP contribution < -0.4 is 10.6 Å². The van der Waals surface area contributed by atoms with Crippen LogP contribution in [0, 0.1) is 5.41 Å². The van der Waals surface area contributed by atoms with E-state index in [1.54, 1.807) is 32.2 Å². The van der Waals surface area contributed by atoms with Crippen molar-refractivity contribution in [2.24, 2.45) is 10.6 Å². The number of halogens is 1. The van der Waals surface area contributed by atoms with Gasteiger partial charge in [0, 0.05) is 23.6 Å². The number of thioether (sulfide) groups is 1. The van der Waals surface area contributed by atoms with Gasteiger partial charge in [0.2, 0.25) is 11.5 Å². The number of carbonyl (C=O) groups is 4. The Balaban J connectivity index is 1.34. The molecule has 12 nitrogen and oxygen atoms in total. The Morgan fingerprint density at radius 1 is 0.965 bits per heavy atom. The second-order valence-electron chi connectivity index (χ2n) is 15.2. The summed E-state index contributed by atoms with van der Waals surface area (Å²) in [5, 5.41) is 22.3. The number of oxime groups is 1. The van der Waals surface area contributed by atoms with Crippen LogP contribution in [0.15, 0.2) is 114 Å². The van der Waals surface area contributed by atoms with E-state index in [9.17, 15) is 24.3 Å². The maximum Gasteiger partial charge on any atom is 0.353 e. The van der Waals surface area contributed by atoms with Crippen LogP contribution in [-0.2, 0) is 34.3 Å². The first-order valence-corrected chi connectivity index (χ1v) is 20.7. The zero-order valence-corrected chi connectivity index (χ0v) is 34.5. The number of β-lactam (4-membered cyclic amide) rings is 1. The standard InChI is InChI=1S/C42H44ClN5O7S2/c1-39(2,3)54-37(53)40(4,5)55-47-31(33(49)45-32-34(50)48-25-41(36(51)52,22-15-23-43)26-57-35(32)48)30-24-56-38(44-30)46-42(27-16-9-6-10-17-27,28-18-11-7-12-19-28)29-20-13-8-14-21-29/h6-22,24,32,35H,23,25-26H2,1-5H3,(H,44,46)(H,45,49)(H,51,52)/t32?,35-,41?/m1/s1. The molecule has 4 aromatic rings. The SMILES string of the molecule is CC(C)(C)OC(=O)C(C)(C)ON=C(C(=O)NC1C(=O)N2CC(C=CCCl)(C(=O)O)CS[C@H]12)c1csc(NC(c2ccccc2)(c2ccccc2)c2ccccc2)n1. The summed E-state index contributed by atoms with van der Waals surface area (Å²) in [6.45, 7) is 8.06. The van der Waals surface area contributed by atoms with Crippen LogP contribution in [0.5, 0.6) is 0 Å². The number of anilines is 1. The number of nitrogens with zero attached hydrogens (tertiary/aromatic N) is 3. The van der Waals surface area contributed by atoms with Crippen molar-refractivity contribution in [1.82, 2.24) is 15.2 Å². The van der Waals surface area contributed by atoms with E-state index in [0.29, 0.717) is 5.13 Å². The molecule has 2 saturated heterocycles. The number of aromatic nitrogens is 1. The van der Waals surface area contributed by atoms with Gasteiger partial charge in [-0.15, -0.1) is 34.7 Å². The van der Waals surface area contributed by atoms with E-state index in [0.717, 1.165) is 16.7 Å². The van der Waals surface area contributed by atoms with Gasteiger partial charge in [0.15, 0.2) is 10.8 Å². The lowest BCUT2D eigenvalue weighted by Crippen LogP contribution is -2.73. The summed E-state index contributed by atoms with van der Waals surface area (Å²) >= 11 is 8.29. The van der Waals surface area contributed by atoms with Crippen molar-refractivity contribution in [3.63, 3.8) is 0 Å². The molecule has 1 aromatic heterocycles. The van der Waals surface area contributed by atoms with Gasteiger partial charge in [0.1, 0.15) is 33.7 Å². The molecule has 0 bridgehead atoms. The molecule has 15 heteroatoms.